The second-order valence-corrected chi connectivity index (χ2v) is 4.88. The summed E-state index contributed by atoms with van der Waals surface area (Å²) >= 11 is 0. The van der Waals surface area contributed by atoms with Gasteiger partial charge in [-0.25, -0.2) is 0 Å². The molecule has 0 saturated carbocycles. The Bertz CT molecular complexity index is 304. The van der Waals surface area contributed by atoms with Crippen LogP contribution >= 0.6 is 0 Å². The van der Waals surface area contributed by atoms with Gasteiger partial charge in [-0.3, -0.25) is 0 Å². The highest BCUT2D eigenvalue weighted by molar-refractivity contribution is 5.14. The van der Waals surface area contributed by atoms with Gasteiger partial charge in [0.05, 0.1) is 6.61 Å². The first-order valence-electron chi connectivity index (χ1n) is 6.15. The summed E-state index contributed by atoms with van der Waals surface area (Å²) in [5.74, 6) is 0. The van der Waals surface area contributed by atoms with Crippen LogP contribution in [-0.2, 0) is 11.2 Å². The van der Waals surface area contributed by atoms with Crippen molar-refractivity contribution in [3.8, 4) is 0 Å². The molecule has 2 heteroatoms. The molecule has 16 heavy (non-hydrogen) atoms. The summed E-state index contributed by atoms with van der Waals surface area (Å²) in [7, 11) is 0. The Morgan fingerprint density at radius 1 is 1.31 bits per heavy atom. The highest BCUT2D eigenvalue weighted by Gasteiger charge is 2.28. The van der Waals surface area contributed by atoms with Crippen LogP contribution in [0.5, 0.6) is 0 Å². The van der Waals surface area contributed by atoms with Crippen molar-refractivity contribution < 1.29 is 4.74 Å². The topological polar surface area (TPSA) is 21.3 Å². The summed E-state index contributed by atoms with van der Waals surface area (Å²) in [6.45, 7) is 5.10. The lowest BCUT2D eigenvalue weighted by Gasteiger charge is -2.23. The summed E-state index contributed by atoms with van der Waals surface area (Å²) < 4.78 is 5.41. The van der Waals surface area contributed by atoms with Crippen molar-refractivity contribution in [2.45, 2.75) is 31.7 Å². The molecule has 1 heterocycles. The molecule has 0 bridgehead atoms. The van der Waals surface area contributed by atoms with Gasteiger partial charge in [0.1, 0.15) is 0 Å². The van der Waals surface area contributed by atoms with Gasteiger partial charge in [0.25, 0.3) is 0 Å². The number of aryl methyl sites for hydroxylation is 1. The third kappa shape index (κ3) is 3.32. The van der Waals surface area contributed by atoms with Crippen molar-refractivity contribution in [3.05, 3.63) is 35.9 Å². The summed E-state index contributed by atoms with van der Waals surface area (Å²) in [6, 6.07) is 10.7. The number of benzene rings is 1. The SMILES string of the molecule is CC1(NCCCc2ccccc2)CCOC1. The molecule has 1 unspecified atom stereocenters. The molecule has 1 aliphatic rings. The van der Waals surface area contributed by atoms with Crippen molar-refractivity contribution in [2.24, 2.45) is 0 Å². The normalized spacial score (nSPS) is 24.8. The average molecular weight is 219 g/mol. The number of rotatable bonds is 5. The minimum Gasteiger partial charge on any atom is -0.379 e. The highest BCUT2D eigenvalue weighted by Crippen LogP contribution is 2.17. The molecule has 2 rings (SSSR count). The minimum absolute atomic E-state index is 0.219. The lowest BCUT2D eigenvalue weighted by Crippen LogP contribution is -2.43. The monoisotopic (exact) mass is 219 g/mol. The van der Waals surface area contributed by atoms with Crippen molar-refractivity contribution in [1.29, 1.82) is 0 Å². The molecule has 2 nitrogen and oxygen atoms in total. The van der Waals surface area contributed by atoms with Crippen LogP contribution in [0.4, 0.5) is 0 Å². The first kappa shape index (κ1) is 11.6. The van der Waals surface area contributed by atoms with E-state index in [1.54, 1.807) is 0 Å². The molecule has 0 aromatic heterocycles. The van der Waals surface area contributed by atoms with E-state index >= 15 is 0 Å². The van der Waals surface area contributed by atoms with Crippen LogP contribution < -0.4 is 5.32 Å². The van der Waals surface area contributed by atoms with Crippen LogP contribution in [0.2, 0.25) is 0 Å². The van der Waals surface area contributed by atoms with E-state index in [0.29, 0.717) is 0 Å². The molecular formula is C14H21NO. The summed E-state index contributed by atoms with van der Waals surface area (Å²) in [4.78, 5) is 0. The fourth-order valence-electron chi connectivity index (χ4n) is 2.13. The fourth-order valence-corrected chi connectivity index (χ4v) is 2.13. The van der Waals surface area contributed by atoms with E-state index in [9.17, 15) is 0 Å². The third-order valence-corrected chi connectivity index (χ3v) is 3.26. The van der Waals surface area contributed by atoms with Gasteiger partial charge in [-0.15, -0.1) is 0 Å². The van der Waals surface area contributed by atoms with E-state index in [1.807, 2.05) is 0 Å². The standard InChI is InChI=1S/C14H21NO/c1-14(9-11-16-12-14)15-10-5-8-13-6-3-2-4-7-13/h2-4,6-7,15H,5,8-12H2,1H3. The quantitative estimate of drug-likeness (QED) is 0.768. The first-order valence-corrected chi connectivity index (χ1v) is 6.15. The Hall–Kier alpha value is -0.860. The summed E-state index contributed by atoms with van der Waals surface area (Å²) in [5.41, 5.74) is 1.65. The van der Waals surface area contributed by atoms with Gasteiger partial charge in [-0.2, -0.15) is 0 Å². The maximum Gasteiger partial charge on any atom is 0.0646 e. The lowest BCUT2D eigenvalue weighted by atomic mass is 10.0. The van der Waals surface area contributed by atoms with Crippen LogP contribution in [-0.4, -0.2) is 25.3 Å². The van der Waals surface area contributed by atoms with Gasteiger partial charge in [0.2, 0.25) is 0 Å². The zero-order chi connectivity index (χ0) is 11.3. The zero-order valence-corrected chi connectivity index (χ0v) is 10.0. The molecular weight excluding hydrogens is 198 g/mol. The van der Waals surface area contributed by atoms with Gasteiger partial charge in [-0.1, -0.05) is 30.3 Å². The van der Waals surface area contributed by atoms with Crippen LogP contribution in [0.25, 0.3) is 0 Å². The Labute approximate surface area is 98.0 Å². The van der Waals surface area contributed by atoms with Crippen molar-refractivity contribution >= 4 is 0 Å². The fraction of sp³-hybridized carbons (Fsp3) is 0.571. The van der Waals surface area contributed by atoms with Crippen molar-refractivity contribution in [1.82, 2.24) is 5.32 Å². The predicted octanol–water partition coefficient (Wildman–Crippen LogP) is 2.39. The number of hydrogen-bond acceptors (Lipinski definition) is 2. The van der Waals surface area contributed by atoms with Crippen molar-refractivity contribution in [3.63, 3.8) is 0 Å². The lowest BCUT2D eigenvalue weighted by molar-refractivity contribution is 0.171. The molecule has 1 atom stereocenters. The molecule has 0 spiro atoms. The van der Waals surface area contributed by atoms with E-state index < -0.39 is 0 Å². The van der Waals surface area contributed by atoms with Crippen LogP contribution in [0.3, 0.4) is 0 Å². The maximum atomic E-state index is 5.41. The molecule has 1 aromatic rings. The van der Waals surface area contributed by atoms with E-state index in [4.69, 9.17) is 4.74 Å². The van der Waals surface area contributed by atoms with Gasteiger partial charge in [-0.05, 0) is 38.3 Å². The number of ether oxygens (including phenoxy) is 1. The van der Waals surface area contributed by atoms with Crippen LogP contribution in [0.15, 0.2) is 30.3 Å². The predicted molar refractivity (Wildman–Crippen MR) is 66.6 cm³/mol. The van der Waals surface area contributed by atoms with Gasteiger partial charge in [0.15, 0.2) is 0 Å². The van der Waals surface area contributed by atoms with Crippen molar-refractivity contribution in [2.75, 3.05) is 19.8 Å². The maximum absolute atomic E-state index is 5.41. The molecule has 0 radical (unpaired) electrons. The largest absolute Gasteiger partial charge is 0.379 e. The second-order valence-electron chi connectivity index (χ2n) is 4.88. The van der Waals surface area contributed by atoms with E-state index in [1.165, 1.54) is 12.0 Å². The summed E-state index contributed by atoms with van der Waals surface area (Å²) in [5, 5.41) is 3.60. The van der Waals surface area contributed by atoms with Gasteiger partial charge >= 0.3 is 0 Å². The molecule has 0 aliphatic carbocycles. The van der Waals surface area contributed by atoms with Crippen LogP contribution in [0.1, 0.15) is 25.3 Å². The van der Waals surface area contributed by atoms with Crippen LogP contribution in [0, 0.1) is 0 Å². The second kappa shape index (κ2) is 5.46. The minimum atomic E-state index is 0.219. The molecule has 88 valence electrons. The number of nitrogens with one attached hydrogen (secondary N) is 1. The number of hydrogen-bond donors (Lipinski definition) is 1. The van der Waals surface area contributed by atoms with Gasteiger partial charge in [0, 0.05) is 12.1 Å². The summed E-state index contributed by atoms with van der Waals surface area (Å²) in [6.07, 6.45) is 3.49. The highest BCUT2D eigenvalue weighted by atomic mass is 16.5. The Morgan fingerprint density at radius 2 is 2.12 bits per heavy atom. The Kier molecular flexibility index (Phi) is 3.97. The Balaban J connectivity index is 1.65. The zero-order valence-electron chi connectivity index (χ0n) is 10.0. The van der Waals surface area contributed by atoms with E-state index in [-0.39, 0.29) is 5.54 Å². The molecule has 1 aromatic carbocycles. The first-order chi connectivity index (χ1) is 7.79. The average Bonchev–Trinajstić information content (AvgIpc) is 2.74. The molecule has 1 fully saturated rings. The molecule has 1 N–H and O–H groups in total. The molecule has 1 saturated heterocycles. The third-order valence-electron chi connectivity index (χ3n) is 3.26. The van der Waals surface area contributed by atoms with E-state index in [0.717, 1.165) is 32.6 Å². The molecule has 0 amide bonds. The Morgan fingerprint density at radius 3 is 2.81 bits per heavy atom. The molecule has 1 aliphatic heterocycles. The smallest absolute Gasteiger partial charge is 0.0646 e. The van der Waals surface area contributed by atoms with Gasteiger partial charge < -0.3 is 10.1 Å². The van der Waals surface area contributed by atoms with E-state index in [2.05, 4.69) is 42.6 Å².